The zero-order valence-corrected chi connectivity index (χ0v) is 24.4. The first-order valence-corrected chi connectivity index (χ1v) is 14.3. The Morgan fingerprint density at radius 1 is 1.18 bits per heavy atom. The highest BCUT2D eigenvalue weighted by Gasteiger charge is 2.34. The van der Waals surface area contributed by atoms with E-state index < -0.39 is 5.91 Å². The molecule has 2 aromatic rings. The maximum atomic E-state index is 12.3. The Balaban J connectivity index is 1.37. The Bertz CT molecular complexity index is 1210. The first-order chi connectivity index (χ1) is 19.2. The predicted octanol–water partition coefficient (Wildman–Crippen LogP) is 2.44. The van der Waals surface area contributed by atoms with Crippen molar-refractivity contribution in [1.29, 1.82) is 0 Å². The van der Waals surface area contributed by atoms with Crippen molar-refractivity contribution in [2.75, 3.05) is 63.6 Å². The smallest absolute Gasteiger partial charge is 0.338 e. The number of nitrogens with two attached hydrogens (primary N) is 1. The lowest BCUT2D eigenvalue weighted by Crippen LogP contribution is -2.58. The van der Waals surface area contributed by atoms with Gasteiger partial charge in [-0.1, -0.05) is 36.2 Å². The number of hydrogen-bond donors (Lipinski definition) is 3. The molecule has 2 aliphatic rings. The third kappa shape index (κ3) is 6.95. The molecule has 2 fully saturated rings. The van der Waals surface area contributed by atoms with E-state index in [-0.39, 0.29) is 35.8 Å². The van der Waals surface area contributed by atoms with Crippen LogP contribution in [0.5, 0.6) is 0 Å². The molecule has 4 N–H and O–H groups in total. The minimum atomic E-state index is -0.521. The molecule has 2 aliphatic heterocycles. The number of aliphatic hydroxyl groups is 1. The van der Waals surface area contributed by atoms with Crippen LogP contribution in [0.25, 0.3) is 0 Å². The molecular formula is C27H37Cl2N7O4. The van der Waals surface area contributed by atoms with E-state index in [9.17, 15) is 9.59 Å². The van der Waals surface area contributed by atoms with Crippen molar-refractivity contribution in [3.63, 3.8) is 0 Å². The number of carbonyl (C=O) groups is 2. The lowest BCUT2D eigenvalue weighted by Gasteiger charge is -2.47. The van der Waals surface area contributed by atoms with Crippen LogP contribution >= 0.6 is 23.2 Å². The van der Waals surface area contributed by atoms with Gasteiger partial charge in [-0.2, -0.15) is 0 Å². The lowest BCUT2D eigenvalue weighted by atomic mass is 9.97. The van der Waals surface area contributed by atoms with Crippen LogP contribution in [0.4, 0.5) is 11.6 Å². The number of nitrogens with one attached hydrogen (secondary N) is 1. The molecule has 0 unspecified atom stereocenters. The van der Waals surface area contributed by atoms with Gasteiger partial charge in [-0.25, -0.2) is 14.8 Å². The van der Waals surface area contributed by atoms with Gasteiger partial charge in [-0.3, -0.25) is 14.6 Å². The number of nitrogens with zero attached hydrogens (tertiary/aromatic N) is 5. The molecular weight excluding hydrogens is 557 g/mol. The number of rotatable bonds is 9. The summed E-state index contributed by atoms with van der Waals surface area (Å²) in [6, 6.07) is 6.15. The van der Waals surface area contributed by atoms with Crippen molar-refractivity contribution in [2.24, 2.45) is 0 Å². The summed E-state index contributed by atoms with van der Waals surface area (Å²) in [7, 11) is 1.38. The number of hydrogen-bond acceptors (Lipinski definition) is 10. The van der Waals surface area contributed by atoms with Crippen molar-refractivity contribution in [3.8, 4) is 0 Å². The van der Waals surface area contributed by atoms with E-state index in [2.05, 4.69) is 36.9 Å². The number of methoxy groups -OCH3 is 1. The van der Waals surface area contributed by atoms with Crippen molar-refractivity contribution < 1.29 is 19.4 Å². The van der Waals surface area contributed by atoms with Crippen molar-refractivity contribution in [2.45, 2.75) is 44.8 Å². The van der Waals surface area contributed by atoms with Crippen molar-refractivity contribution in [1.82, 2.24) is 25.1 Å². The molecule has 0 aliphatic carbocycles. The number of benzene rings is 1. The molecule has 1 atom stereocenters. The molecule has 11 nitrogen and oxygen atoms in total. The Morgan fingerprint density at radius 3 is 2.60 bits per heavy atom. The topological polar surface area (TPSA) is 137 Å². The number of esters is 1. The van der Waals surface area contributed by atoms with Gasteiger partial charge in [0, 0.05) is 49.8 Å². The zero-order valence-electron chi connectivity index (χ0n) is 22.9. The monoisotopic (exact) mass is 593 g/mol. The molecule has 0 bridgehead atoms. The number of ether oxygens (including phenoxy) is 1. The summed E-state index contributed by atoms with van der Waals surface area (Å²) in [6.45, 7) is 6.91. The second-order valence-electron chi connectivity index (χ2n) is 10.1. The molecule has 1 aromatic heterocycles. The molecule has 0 spiro atoms. The molecule has 2 saturated heterocycles. The van der Waals surface area contributed by atoms with Crippen LogP contribution in [0.3, 0.4) is 0 Å². The van der Waals surface area contributed by atoms with Gasteiger partial charge in [-0.05, 0) is 50.0 Å². The van der Waals surface area contributed by atoms with Crippen LogP contribution < -0.4 is 16.0 Å². The summed E-state index contributed by atoms with van der Waals surface area (Å²) in [5, 5.41) is 12.1. The van der Waals surface area contributed by atoms with E-state index in [1.54, 1.807) is 6.07 Å². The number of piperazine rings is 1. The standard InChI is InChI=1S/C27H37Cl2N7O4/c1-3-19-16-35(25-23(29)32-22(24(30)33-25)26(38)31-8-13-37)11-12-36(19)20-6-9-34(10-7-20)15-17-4-5-18(28)14-21(17)27(39)40-2/h4-5,14,19-20,37H,3,6-13,15-16H2,1-2H3,(H2,30,33)(H,31,38)/t19-/m0/s1. The zero-order chi connectivity index (χ0) is 28.8. The molecule has 3 heterocycles. The van der Waals surface area contributed by atoms with Crippen LogP contribution in [0.2, 0.25) is 10.2 Å². The minimum Gasteiger partial charge on any atom is -0.465 e. The summed E-state index contributed by atoms with van der Waals surface area (Å²) in [5.41, 5.74) is 7.45. The van der Waals surface area contributed by atoms with Gasteiger partial charge >= 0.3 is 5.97 Å². The number of halogens is 2. The number of piperidine rings is 1. The van der Waals surface area contributed by atoms with Crippen LogP contribution in [0.1, 0.15) is 52.6 Å². The van der Waals surface area contributed by atoms with Crippen molar-refractivity contribution in [3.05, 3.63) is 45.2 Å². The third-order valence-corrected chi connectivity index (χ3v) is 8.16. The SMILES string of the molecule is CC[C@H]1CN(c2nc(N)c(C(=O)NCCO)nc2Cl)CCN1C1CCN(Cc2ccc(Cl)cc2C(=O)OC)CC1. The number of anilines is 2. The summed E-state index contributed by atoms with van der Waals surface area (Å²) < 4.78 is 4.95. The van der Waals surface area contributed by atoms with E-state index in [1.165, 1.54) is 7.11 Å². The Kier molecular flexibility index (Phi) is 10.4. The first kappa shape index (κ1) is 30.3. The first-order valence-electron chi connectivity index (χ1n) is 13.6. The van der Waals surface area contributed by atoms with E-state index in [1.807, 2.05) is 12.1 Å². The highest BCUT2D eigenvalue weighted by molar-refractivity contribution is 6.32. The van der Waals surface area contributed by atoms with Crippen LogP contribution in [0, 0.1) is 0 Å². The molecule has 13 heteroatoms. The maximum absolute atomic E-state index is 12.3. The van der Waals surface area contributed by atoms with Gasteiger partial charge in [0.15, 0.2) is 22.5 Å². The molecule has 0 radical (unpaired) electrons. The van der Waals surface area contributed by atoms with Gasteiger partial charge in [0.25, 0.3) is 5.91 Å². The predicted molar refractivity (Wildman–Crippen MR) is 155 cm³/mol. The highest BCUT2D eigenvalue weighted by atomic mass is 35.5. The van der Waals surface area contributed by atoms with Crippen LogP contribution in [0.15, 0.2) is 18.2 Å². The van der Waals surface area contributed by atoms with Gasteiger partial charge in [0.2, 0.25) is 0 Å². The fourth-order valence-corrected chi connectivity index (χ4v) is 6.00. The number of amides is 1. The fourth-order valence-electron chi connectivity index (χ4n) is 5.58. The largest absolute Gasteiger partial charge is 0.465 e. The lowest BCUT2D eigenvalue weighted by molar-refractivity contribution is 0.0576. The summed E-state index contributed by atoms with van der Waals surface area (Å²) in [6.07, 6.45) is 3.03. The molecule has 218 valence electrons. The Morgan fingerprint density at radius 2 is 1.93 bits per heavy atom. The van der Waals surface area contributed by atoms with E-state index >= 15 is 0 Å². The van der Waals surface area contributed by atoms with Gasteiger partial charge in [0.05, 0.1) is 19.3 Å². The average molecular weight is 595 g/mol. The van der Waals surface area contributed by atoms with E-state index in [0.29, 0.717) is 41.6 Å². The second-order valence-corrected chi connectivity index (χ2v) is 10.9. The van der Waals surface area contributed by atoms with E-state index in [4.69, 9.17) is 38.8 Å². The van der Waals surface area contributed by atoms with Crippen LogP contribution in [-0.2, 0) is 11.3 Å². The Hall–Kier alpha value is -2.70. The molecule has 4 rings (SSSR count). The maximum Gasteiger partial charge on any atom is 0.338 e. The van der Waals surface area contributed by atoms with Gasteiger partial charge in [-0.15, -0.1) is 0 Å². The molecule has 40 heavy (non-hydrogen) atoms. The summed E-state index contributed by atoms with van der Waals surface area (Å²) in [4.78, 5) is 40.2. The van der Waals surface area contributed by atoms with Crippen molar-refractivity contribution >= 4 is 46.7 Å². The normalized spacial score (nSPS) is 19.0. The molecule has 1 amide bonds. The highest BCUT2D eigenvalue weighted by Crippen LogP contribution is 2.30. The number of aliphatic hydroxyl groups excluding tert-OH is 1. The van der Waals surface area contributed by atoms with Gasteiger partial charge < -0.3 is 25.8 Å². The molecule has 1 aromatic carbocycles. The van der Waals surface area contributed by atoms with E-state index in [0.717, 1.165) is 51.0 Å². The Labute approximate surface area is 244 Å². The van der Waals surface area contributed by atoms with Crippen LogP contribution in [-0.4, -0.2) is 102 Å². The average Bonchev–Trinajstić information content (AvgIpc) is 2.97. The quantitative estimate of drug-likeness (QED) is 0.372. The van der Waals surface area contributed by atoms with Gasteiger partial charge in [0.1, 0.15) is 0 Å². The fraction of sp³-hybridized carbons (Fsp3) is 0.556. The third-order valence-electron chi connectivity index (χ3n) is 7.67. The number of nitrogen functional groups attached to an aromatic ring is 1. The number of likely N-dealkylation sites (tertiary alicyclic amines) is 1. The molecule has 0 saturated carbocycles. The number of carbonyl (C=O) groups excluding carboxylic acids is 2. The summed E-state index contributed by atoms with van der Waals surface area (Å²) in [5.74, 6) is -0.404. The second kappa shape index (κ2) is 13.8. The number of aromatic nitrogens is 2. The minimum absolute atomic E-state index is 0.00809. The summed E-state index contributed by atoms with van der Waals surface area (Å²) >= 11 is 12.6.